The molecule has 1 heterocycles. The first-order chi connectivity index (χ1) is 13.0. The lowest BCUT2D eigenvalue weighted by Crippen LogP contribution is -3.00. The van der Waals surface area contributed by atoms with Gasteiger partial charge in [-0.25, -0.2) is 4.57 Å². The average Bonchev–Trinajstić information content (AvgIpc) is 2.67. The highest BCUT2D eigenvalue weighted by atomic mass is 79.9. The number of nitrogens with zero attached hydrogens (tertiary/aromatic N) is 1. The summed E-state index contributed by atoms with van der Waals surface area (Å²) in [6.45, 7) is 2.75. The Morgan fingerprint density at radius 3 is 1.43 bits per heavy atom. The molecule has 1 rings (SSSR count). The fourth-order valence-electron chi connectivity index (χ4n) is 2.83. The van der Waals surface area contributed by atoms with Crippen LogP contribution in [0, 0.1) is 0 Å². The molecule has 0 aliphatic carbocycles. The molecule has 2 heteroatoms. The number of rotatable bonds is 15. The molecule has 0 aromatic carbocycles. The number of aromatic nitrogens is 1. The lowest BCUT2D eigenvalue weighted by Gasteiger charge is -2.02. The molecular formula is C21H38BrN. The fraction of sp³-hybridized carbons (Fsp3) is 0.762. The summed E-state index contributed by atoms with van der Waals surface area (Å²) in [7, 11) is 0. The Labute approximate surface area is 162 Å². The molecular weight excluding hydrogens is 346 g/mol. The first-order valence-corrected chi connectivity index (χ1v) is 9.47. The Balaban J connectivity index is 0.00000729. The summed E-state index contributed by atoms with van der Waals surface area (Å²) in [5.74, 6) is 0. The van der Waals surface area contributed by atoms with Crippen molar-refractivity contribution < 1.29 is 28.4 Å². The van der Waals surface area contributed by atoms with Gasteiger partial charge in [0.2, 0.25) is 0 Å². The SMILES string of the molecule is [2H]c1c([2H])c([2H])[n+](CCCCCCCCCCCCCCCC)c([2H])c1[2H].[Br-]. The van der Waals surface area contributed by atoms with Gasteiger partial charge in [0.15, 0.2) is 12.3 Å². The molecule has 0 bridgehead atoms. The zero-order valence-corrected chi connectivity index (χ0v) is 16.5. The van der Waals surface area contributed by atoms with Gasteiger partial charge < -0.3 is 17.0 Å². The van der Waals surface area contributed by atoms with Crippen molar-refractivity contribution in [3.8, 4) is 0 Å². The monoisotopic (exact) mass is 388 g/mol. The lowest BCUT2D eigenvalue weighted by atomic mass is 10.0. The summed E-state index contributed by atoms with van der Waals surface area (Å²) in [4.78, 5) is 0. The standard InChI is InChI=1S/C21H38N.BrH/c1-2-3-4-5-6-7-8-9-10-11-12-13-14-16-19-22-20-17-15-18-21-22;/h15,17-18,20-21H,2-14,16,19H2,1H3;1H/q+1;/p-1/i15D,17D,18D,20D,21D;. The van der Waals surface area contributed by atoms with E-state index in [9.17, 15) is 0 Å². The number of hydrogen-bond acceptors (Lipinski definition) is 0. The van der Waals surface area contributed by atoms with Gasteiger partial charge in [-0.3, -0.25) is 0 Å². The van der Waals surface area contributed by atoms with E-state index < -0.39 is 0 Å². The molecule has 0 unspecified atom stereocenters. The van der Waals surface area contributed by atoms with Gasteiger partial charge in [0.25, 0.3) is 0 Å². The van der Waals surface area contributed by atoms with Crippen molar-refractivity contribution in [2.75, 3.05) is 0 Å². The molecule has 0 aliphatic heterocycles. The number of unbranched alkanes of at least 4 members (excludes halogenated alkanes) is 13. The van der Waals surface area contributed by atoms with Gasteiger partial charge in [-0.05, 0) is 6.42 Å². The second-order valence-corrected chi connectivity index (χ2v) is 6.35. The molecule has 1 aromatic heterocycles. The largest absolute Gasteiger partial charge is 1.00 e. The second-order valence-electron chi connectivity index (χ2n) is 6.35. The van der Waals surface area contributed by atoms with E-state index in [4.69, 9.17) is 6.85 Å². The smallest absolute Gasteiger partial charge is 0.168 e. The summed E-state index contributed by atoms with van der Waals surface area (Å²) in [6.07, 6.45) is 17.7. The summed E-state index contributed by atoms with van der Waals surface area (Å²) < 4.78 is 40.2. The lowest BCUT2D eigenvalue weighted by molar-refractivity contribution is -0.697. The normalized spacial score (nSPS) is 13.5. The van der Waals surface area contributed by atoms with Crippen LogP contribution in [0.25, 0.3) is 0 Å². The van der Waals surface area contributed by atoms with Crippen molar-refractivity contribution in [3.05, 3.63) is 30.5 Å². The van der Waals surface area contributed by atoms with Crippen molar-refractivity contribution in [1.82, 2.24) is 0 Å². The van der Waals surface area contributed by atoms with E-state index in [1.165, 1.54) is 75.2 Å². The molecule has 0 spiro atoms. The molecule has 0 saturated heterocycles. The van der Waals surface area contributed by atoms with E-state index in [1.807, 2.05) is 0 Å². The first-order valence-electron chi connectivity index (χ1n) is 12.0. The predicted molar refractivity (Wildman–Crippen MR) is 96.9 cm³/mol. The Bertz CT molecular complexity index is 525. The van der Waals surface area contributed by atoms with Crippen molar-refractivity contribution in [2.45, 2.75) is 103 Å². The first kappa shape index (κ1) is 14.9. The molecule has 0 atom stereocenters. The minimum absolute atomic E-state index is 0. The van der Waals surface area contributed by atoms with Gasteiger partial charge in [-0.1, -0.05) is 90.0 Å². The maximum atomic E-state index is 7.90. The van der Waals surface area contributed by atoms with E-state index in [0.717, 1.165) is 19.3 Å². The summed E-state index contributed by atoms with van der Waals surface area (Å²) in [5.41, 5.74) is 0. The minimum atomic E-state index is -0.317. The molecule has 134 valence electrons. The van der Waals surface area contributed by atoms with Crippen LogP contribution in [0.4, 0.5) is 0 Å². The van der Waals surface area contributed by atoms with Crippen molar-refractivity contribution in [1.29, 1.82) is 0 Å². The average molecular weight is 389 g/mol. The fourth-order valence-corrected chi connectivity index (χ4v) is 2.83. The van der Waals surface area contributed by atoms with Gasteiger partial charge in [0.05, 0.1) is 4.11 Å². The predicted octanol–water partition coefficient (Wildman–Crippen LogP) is 3.46. The van der Waals surface area contributed by atoms with Gasteiger partial charge in [-0.15, -0.1) is 0 Å². The van der Waals surface area contributed by atoms with Gasteiger partial charge in [0, 0.05) is 18.5 Å². The molecule has 0 aliphatic rings. The number of pyridine rings is 1. The van der Waals surface area contributed by atoms with Crippen molar-refractivity contribution in [3.63, 3.8) is 0 Å². The number of hydrogen-bond donors (Lipinski definition) is 0. The summed E-state index contributed by atoms with van der Waals surface area (Å²) in [6, 6.07) is -0.815. The molecule has 1 aromatic rings. The van der Waals surface area contributed by atoms with Crippen molar-refractivity contribution in [2.24, 2.45) is 0 Å². The summed E-state index contributed by atoms with van der Waals surface area (Å²) >= 11 is 0. The Morgan fingerprint density at radius 2 is 1.00 bits per heavy atom. The van der Waals surface area contributed by atoms with Gasteiger partial charge in [-0.2, -0.15) is 0 Å². The van der Waals surface area contributed by atoms with E-state index in [0.29, 0.717) is 6.54 Å². The molecule has 0 fully saturated rings. The van der Waals surface area contributed by atoms with E-state index in [2.05, 4.69) is 6.92 Å². The van der Waals surface area contributed by atoms with Crippen LogP contribution in [-0.2, 0) is 6.54 Å². The Hall–Kier alpha value is -0.370. The van der Waals surface area contributed by atoms with Crippen LogP contribution >= 0.6 is 0 Å². The second kappa shape index (κ2) is 18.0. The van der Waals surface area contributed by atoms with Crippen LogP contribution in [0.2, 0.25) is 0 Å². The van der Waals surface area contributed by atoms with Crippen LogP contribution in [0.15, 0.2) is 30.5 Å². The maximum absolute atomic E-state index is 7.90. The van der Waals surface area contributed by atoms with Crippen LogP contribution < -0.4 is 21.5 Å². The Morgan fingerprint density at radius 1 is 0.609 bits per heavy atom. The highest BCUT2D eigenvalue weighted by Crippen LogP contribution is 2.12. The van der Waals surface area contributed by atoms with E-state index >= 15 is 0 Å². The van der Waals surface area contributed by atoms with E-state index in [-0.39, 0.29) is 47.5 Å². The third-order valence-corrected chi connectivity index (χ3v) is 4.24. The molecule has 0 radical (unpaired) electrons. The zero-order valence-electron chi connectivity index (χ0n) is 19.9. The highest BCUT2D eigenvalue weighted by molar-refractivity contribution is 4.83. The molecule has 1 nitrogen and oxygen atoms in total. The molecule has 23 heavy (non-hydrogen) atoms. The molecule has 0 amide bonds. The molecule has 0 saturated carbocycles. The van der Waals surface area contributed by atoms with Gasteiger partial charge in [0.1, 0.15) is 9.29 Å². The summed E-state index contributed by atoms with van der Waals surface area (Å²) in [5, 5.41) is 0. The highest BCUT2D eigenvalue weighted by Gasteiger charge is 1.98. The van der Waals surface area contributed by atoms with Crippen molar-refractivity contribution >= 4 is 0 Å². The minimum Gasteiger partial charge on any atom is -1.00 e. The van der Waals surface area contributed by atoms with Gasteiger partial charge >= 0.3 is 0 Å². The van der Waals surface area contributed by atoms with Crippen LogP contribution in [0.3, 0.4) is 0 Å². The third kappa shape index (κ3) is 14.9. The van der Waals surface area contributed by atoms with E-state index in [1.54, 1.807) is 0 Å². The van der Waals surface area contributed by atoms with Crippen LogP contribution in [0.5, 0.6) is 0 Å². The maximum Gasteiger partial charge on any atom is 0.168 e. The molecule has 0 N–H and O–H groups in total. The third-order valence-electron chi connectivity index (χ3n) is 4.24. The van der Waals surface area contributed by atoms with Crippen LogP contribution in [0.1, 0.15) is 104 Å². The zero-order chi connectivity index (χ0) is 20.1. The topological polar surface area (TPSA) is 3.88 Å². The quantitative estimate of drug-likeness (QED) is 0.320. The Kier molecular flexibility index (Phi) is 11.7. The van der Waals surface area contributed by atoms with Crippen LogP contribution in [-0.4, -0.2) is 0 Å². The number of halogens is 1.